The van der Waals surface area contributed by atoms with E-state index in [-0.39, 0.29) is 22.6 Å². The second-order valence-corrected chi connectivity index (χ2v) is 17.2. The normalized spacial score (nSPS) is 17.6. The molecule has 0 amide bonds. The molecule has 0 unspecified atom stereocenters. The highest BCUT2D eigenvalue weighted by molar-refractivity contribution is 7.86. The van der Waals surface area contributed by atoms with Crippen LogP contribution in [-0.4, -0.2) is 71.5 Å². The zero-order chi connectivity index (χ0) is 38.6. The first-order valence-electron chi connectivity index (χ1n) is 17.3. The van der Waals surface area contributed by atoms with Crippen molar-refractivity contribution in [1.82, 2.24) is 0 Å². The highest BCUT2D eigenvalue weighted by Gasteiger charge is 2.45. The Morgan fingerprint density at radius 2 is 1.42 bits per heavy atom. The molecule has 4 rings (SSSR count). The molecule has 2 aliphatic rings. The predicted molar refractivity (Wildman–Crippen MR) is 197 cm³/mol. The third kappa shape index (κ3) is 9.27. The van der Waals surface area contributed by atoms with Crippen LogP contribution in [0.3, 0.4) is 0 Å². The number of unbranched alkanes of at least 4 members (excludes halogenated alkanes) is 4. The van der Waals surface area contributed by atoms with Crippen molar-refractivity contribution in [3.8, 4) is 0 Å². The van der Waals surface area contributed by atoms with Crippen LogP contribution in [0, 0.1) is 0 Å². The van der Waals surface area contributed by atoms with Gasteiger partial charge in [0.1, 0.15) is 16.7 Å². The van der Waals surface area contributed by atoms with Gasteiger partial charge in [0.15, 0.2) is 5.71 Å². The number of hydrogen-bond donors (Lipinski definition) is 3. The van der Waals surface area contributed by atoms with Gasteiger partial charge in [-0.05, 0) is 88.4 Å². The Bertz CT molecular complexity index is 2070. The second-order valence-electron chi connectivity index (χ2n) is 14.4. The quantitative estimate of drug-likeness (QED) is 0.0674. The van der Waals surface area contributed by atoms with Crippen molar-refractivity contribution in [3.05, 3.63) is 83.1 Å². The molecule has 0 aromatic heterocycles. The molecular weight excluding hydrogens is 709 g/mol. The Hall–Kier alpha value is -4.11. The van der Waals surface area contributed by atoms with Crippen molar-refractivity contribution in [2.75, 3.05) is 18.0 Å². The summed E-state index contributed by atoms with van der Waals surface area (Å²) < 4.78 is 71.6. The zero-order valence-corrected chi connectivity index (χ0v) is 31.9. The first-order valence-corrected chi connectivity index (χ1v) is 20.2. The van der Waals surface area contributed by atoms with E-state index in [4.69, 9.17) is 10.2 Å². The Kier molecular flexibility index (Phi) is 12.4. The van der Waals surface area contributed by atoms with Gasteiger partial charge in [-0.15, -0.1) is 0 Å². The standard InChI is InChI=1S/C38H48N2O10S2/c1-26(14-20-33-37(2,3)29-24-27(51(45,46)47)16-18-31(29)39(33)22-10-6-8-12-35(41)42)15-21-34-38(4,5)30-25-28(52(48,49)50)17-19-32(30)40(34)23-11-7-9-13-36(43)44/h14-21,24-25H,6-13,22-23H2,1-5H3,(H3-,41,42,43,44,45,46,47,48,49,50). The number of carboxylic acid groups (broad SMARTS) is 2. The Balaban J connectivity index is 1.69. The van der Waals surface area contributed by atoms with Gasteiger partial charge in [-0.2, -0.15) is 13.0 Å². The van der Waals surface area contributed by atoms with Gasteiger partial charge in [-0.1, -0.05) is 38.0 Å². The number of nitrogens with zero attached hydrogens (tertiary/aromatic N) is 2. The topological polar surface area (TPSA) is 192 Å². The molecule has 52 heavy (non-hydrogen) atoms. The molecule has 0 atom stereocenters. The lowest BCUT2D eigenvalue weighted by Gasteiger charge is -2.27. The van der Waals surface area contributed by atoms with Crippen LogP contribution in [-0.2, 0) is 40.7 Å². The van der Waals surface area contributed by atoms with E-state index in [0.717, 1.165) is 33.9 Å². The number of allylic oxidation sites excluding steroid dienone is 6. The van der Waals surface area contributed by atoms with Crippen LogP contribution in [0.25, 0.3) is 0 Å². The monoisotopic (exact) mass is 756 g/mol. The van der Waals surface area contributed by atoms with Crippen molar-refractivity contribution in [2.24, 2.45) is 0 Å². The van der Waals surface area contributed by atoms with E-state index >= 15 is 0 Å². The summed E-state index contributed by atoms with van der Waals surface area (Å²) in [5.41, 5.74) is 4.39. The number of fused-ring (bicyclic) bond motifs is 2. The van der Waals surface area contributed by atoms with Crippen LogP contribution in [0.5, 0.6) is 0 Å². The molecule has 0 fully saturated rings. The Morgan fingerprint density at radius 3 is 2.02 bits per heavy atom. The number of rotatable bonds is 17. The van der Waals surface area contributed by atoms with Gasteiger partial charge in [0.25, 0.3) is 10.1 Å². The van der Waals surface area contributed by atoms with Crippen molar-refractivity contribution >= 4 is 49.3 Å². The summed E-state index contributed by atoms with van der Waals surface area (Å²) in [7, 11) is -9.11. The summed E-state index contributed by atoms with van der Waals surface area (Å²) in [6.07, 6.45) is 11.9. The Morgan fingerprint density at radius 1 is 0.827 bits per heavy atom. The summed E-state index contributed by atoms with van der Waals surface area (Å²) in [6, 6.07) is 8.96. The van der Waals surface area contributed by atoms with E-state index in [1.807, 2.05) is 58.9 Å². The molecule has 2 heterocycles. The lowest BCUT2D eigenvalue weighted by Crippen LogP contribution is -2.28. The molecule has 14 heteroatoms. The fourth-order valence-corrected chi connectivity index (χ4v) is 8.03. The molecule has 282 valence electrons. The molecule has 0 aliphatic carbocycles. The molecule has 0 saturated carbocycles. The molecule has 0 spiro atoms. The molecule has 3 N–H and O–H groups in total. The first-order chi connectivity index (χ1) is 24.2. The van der Waals surface area contributed by atoms with E-state index in [2.05, 4.69) is 9.48 Å². The van der Waals surface area contributed by atoms with Crippen LogP contribution in [0.4, 0.5) is 11.4 Å². The maximum Gasteiger partial charge on any atom is 0.303 e. The summed E-state index contributed by atoms with van der Waals surface area (Å²) >= 11 is 0. The smallest absolute Gasteiger partial charge is 0.303 e. The van der Waals surface area contributed by atoms with Gasteiger partial charge in [-0.25, -0.2) is 8.42 Å². The fourth-order valence-electron chi connectivity index (χ4n) is 7.03. The Labute approximate surface area is 306 Å². The zero-order valence-electron chi connectivity index (χ0n) is 30.3. The number of anilines is 1. The lowest BCUT2D eigenvalue weighted by molar-refractivity contribution is -0.438. The second kappa shape index (κ2) is 15.9. The number of aliphatic carboxylic acids is 2. The number of carbonyl (C=O) groups is 2. The number of benzene rings is 2. The average Bonchev–Trinajstić information content (AvgIpc) is 3.38. The minimum absolute atomic E-state index is 0.0779. The van der Waals surface area contributed by atoms with Crippen molar-refractivity contribution in [2.45, 2.75) is 107 Å². The summed E-state index contributed by atoms with van der Waals surface area (Å²) in [5.74, 6) is -1.69. The predicted octanol–water partition coefficient (Wildman–Crippen LogP) is 6.69. The third-order valence-electron chi connectivity index (χ3n) is 9.87. The van der Waals surface area contributed by atoms with E-state index in [9.17, 15) is 35.5 Å². The average molecular weight is 757 g/mol. The van der Waals surface area contributed by atoms with Crippen LogP contribution in [0.1, 0.15) is 97.1 Å². The maximum absolute atomic E-state index is 12.0. The SMILES string of the molecule is CC(C=CC1=[N+](CCCCCC(=O)O)c2ccc(S(=O)(=O)[O-])cc2C1(C)C)=CC=C1N(CCCCCC(=O)O)c2ccc(S(=O)(=O)O)cc2C1(C)C. The van der Waals surface area contributed by atoms with Gasteiger partial charge >= 0.3 is 11.9 Å². The van der Waals surface area contributed by atoms with Gasteiger partial charge in [0.2, 0.25) is 5.69 Å². The largest absolute Gasteiger partial charge is 0.744 e. The van der Waals surface area contributed by atoms with E-state index in [1.54, 1.807) is 12.1 Å². The highest BCUT2D eigenvalue weighted by Crippen LogP contribution is 2.49. The number of carboxylic acids is 2. The highest BCUT2D eigenvalue weighted by atomic mass is 32.2. The van der Waals surface area contributed by atoms with Gasteiger partial charge in [0, 0.05) is 60.3 Å². The molecule has 2 aromatic rings. The summed E-state index contributed by atoms with van der Waals surface area (Å²) in [5, 5.41) is 18.1. The van der Waals surface area contributed by atoms with E-state index < -0.39 is 43.0 Å². The van der Waals surface area contributed by atoms with Gasteiger partial charge < -0.3 is 19.7 Å². The molecular formula is C38H48N2O10S2. The van der Waals surface area contributed by atoms with Crippen LogP contribution >= 0.6 is 0 Å². The first kappa shape index (κ1) is 40.7. The van der Waals surface area contributed by atoms with Crippen molar-refractivity contribution in [3.63, 3.8) is 0 Å². The van der Waals surface area contributed by atoms with Crippen molar-refractivity contribution < 1.29 is 50.3 Å². The van der Waals surface area contributed by atoms with Crippen LogP contribution in [0.15, 0.2) is 81.8 Å². The number of hydrogen-bond acceptors (Lipinski definition) is 8. The summed E-state index contributed by atoms with van der Waals surface area (Å²) in [4.78, 5) is 23.6. The summed E-state index contributed by atoms with van der Waals surface area (Å²) in [6.45, 7) is 11.0. The molecule has 0 saturated heterocycles. The van der Waals surface area contributed by atoms with Crippen LogP contribution < -0.4 is 4.90 Å². The van der Waals surface area contributed by atoms with Crippen LogP contribution in [0.2, 0.25) is 0 Å². The molecule has 0 radical (unpaired) electrons. The maximum atomic E-state index is 12.0. The molecule has 0 bridgehead atoms. The third-order valence-corrected chi connectivity index (χ3v) is 11.5. The molecule has 2 aliphatic heterocycles. The fraction of sp³-hybridized carbons (Fsp3) is 0.447. The minimum atomic E-state index is -4.68. The lowest BCUT2D eigenvalue weighted by atomic mass is 9.81. The van der Waals surface area contributed by atoms with Crippen molar-refractivity contribution in [1.29, 1.82) is 0 Å². The molecule has 12 nitrogen and oxygen atoms in total. The van der Waals surface area contributed by atoms with Gasteiger partial charge in [-0.3, -0.25) is 14.1 Å². The van der Waals surface area contributed by atoms with E-state index in [0.29, 0.717) is 57.2 Å². The van der Waals surface area contributed by atoms with Gasteiger partial charge in [0.05, 0.1) is 15.2 Å². The minimum Gasteiger partial charge on any atom is -0.744 e. The molecule has 2 aromatic carbocycles. The van der Waals surface area contributed by atoms with E-state index in [1.165, 1.54) is 24.3 Å².